The Labute approximate surface area is 252 Å². The average molecular weight is 578 g/mol. The van der Waals surface area contributed by atoms with Gasteiger partial charge < -0.3 is 22.3 Å². The number of phenolic OH excluding ortho intramolecular Hbond substituents is 1. The van der Waals surface area contributed by atoms with E-state index in [1.165, 1.54) is 0 Å². The van der Waals surface area contributed by atoms with Crippen molar-refractivity contribution in [2.24, 2.45) is 30.7 Å². The van der Waals surface area contributed by atoms with Crippen molar-refractivity contribution in [3.63, 3.8) is 0 Å². The van der Waals surface area contributed by atoms with E-state index in [9.17, 15) is 5.11 Å². The number of nitrogens with zero attached hydrogens (tertiary/aromatic N) is 6. The first-order chi connectivity index (χ1) is 21.4. The number of phenols is 1. The number of nitrogens with two attached hydrogens (primary N) is 3. The Morgan fingerprint density at radius 2 is 0.955 bits per heavy atom. The lowest BCUT2D eigenvalue weighted by molar-refractivity contribution is 0.483. The maximum Gasteiger partial charge on any atom is 0.153 e. The molecule has 0 aliphatic carbocycles. The minimum atomic E-state index is -0.0667. The zero-order valence-electron chi connectivity index (χ0n) is 23.4. The summed E-state index contributed by atoms with van der Waals surface area (Å²) in [6.07, 6.45) is 0. The molecule has 0 saturated heterocycles. The van der Waals surface area contributed by atoms with Gasteiger partial charge in [-0.3, -0.25) is 0 Å². The summed E-state index contributed by atoms with van der Waals surface area (Å²) in [5.41, 5.74) is 24.8. The smallest absolute Gasteiger partial charge is 0.153 e. The topological polar surface area (TPSA) is 172 Å². The zero-order valence-corrected chi connectivity index (χ0v) is 23.4. The first-order valence-electron chi connectivity index (χ1n) is 13.6. The number of nitrogen functional groups attached to an aromatic ring is 3. The summed E-state index contributed by atoms with van der Waals surface area (Å²) in [4.78, 5) is 0. The van der Waals surface area contributed by atoms with Crippen LogP contribution in [0.4, 0.5) is 51.2 Å². The fraction of sp³-hybridized carbons (Fsp3) is 0. The minimum Gasteiger partial charge on any atom is -0.505 e. The lowest BCUT2D eigenvalue weighted by Gasteiger charge is -2.08. The van der Waals surface area contributed by atoms with Gasteiger partial charge in [0.2, 0.25) is 0 Å². The van der Waals surface area contributed by atoms with Crippen molar-refractivity contribution in [2.75, 3.05) is 17.2 Å². The van der Waals surface area contributed by atoms with Gasteiger partial charge in [-0.25, -0.2) is 0 Å². The van der Waals surface area contributed by atoms with E-state index in [-0.39, 0.29) is 5.75 Å². The van der Waals surface area contributed by atoms with Crippen LogP contribution >= 0.6 is 0 Å². The van der Waals surface area contributed by atoms with Crippen molar-refractivity contribution in [3.8, 4) is 16.9 Å². The standard InChI is InChI=1S/C34H27N9O/c35-24-12-19-29(28(36)20-24)41-39-26-13-6-21(7-14-26)22-8-15-27(16-9-22)40-42-30-17-10-23-11-18-31(34(44)32(23)33(30)37)43-38-25-4-2-1-3-5-25/h1-20,44H,35-37H2. The molecule has 0 unspecified atom stereocenters. The van der Waals surface area contributed by atoms with Gasteiger partial charge in [-0.2, -0.15) is 15.3 Å². The highest BCUT2D eigenvalue weighted by molar-refractivity contribution is 6.04. The van der Waals surface area contributed by atoms with Crippen LogP contribution in [0.2, 0.25) is 0 Å². The molecular weight excluding hydrogens is 550 g/mol. The number of hydrogen-bond acceptors (Lipinski definition) is 10. The highest BCUT2D eigenvalue weighted by atomic mass is 16.3. The maximum absolute atomic E-state index is 10.9. The van der Waals surface area contributed by atoms with Gasteiger partial charge >= 0.3 is 0 Å². The van der Waals surface area contributed by atoms with E-state index in [1.54, 1.807) is 30.3 Å². The Balaban J connectivity index is 1.17. The molecular formula is C34H27N9O. The summed E-state index contributed by atoms with van der Waals surface area (Å²) in [5, 5.41) is 37.8. The van der Waals surface area contributed by atoms with Crippen LogP contribution in [0.3, 0.4) is 0 Å². The molecule has 0 spiro atoms. The number of rotatable bonds is 7. The predicted molar refractivity (Wildman–Crippen MR) is 176 cm³/mol. The van der Waals surface area contributed by atoms with Gasteiger partial charge in [0.15, 0.2) is 5.75 Å². The Hall–Kier alpha value is -6.42. The molecule has 44 heavy (non-hydrogen) atoms. The Kier molecular flexibility index (Phi) is 7.70. The third kappa shape index (κ3) is 6.09. The summed E-state index contributed by atoms with van der Waals surface area (Å²) in [6.45, 7) is 0. The number of hydrogen-bond donors (Lipinski definition) is 4. The van der Waals surface area contributed by atoms with Crippen LogP contribution in [0.5, 0.6) is 5.75 Å². The summed E-state index contributed by atoms with van der Waals surface area (Å²) in [5.74, 6) is -0.0667. The van der Waals surface area contributed by atoms with Gasteiger partial charge in [0.05, 0.1) is 33.8 Å². The Morgan fingerprint density at radius 3 is 1.55 bits per heavy atom. The second-order valence-electron chi connectivity index (χ2n) is 9.88. The van der Waals surface area contributed by atoms with Gasteiger partial charge in [0, 0.05) is 5.69 Å². The van der Waals surface area contributed by atoms with Crippen LogP contribution in [-0.4, -0.2) is 5.11 Å². The Morgan fingerprint density at radius 1 is 0.455 bits per heavy atom. The van der Waals surface area contributed by atoms with E-state index in [2.05, 4.69) is 30.7 Å². The molecule has 0 saturated carbocycles. The SMILES string of the molecule is Nc1ccc(N=Nc2ccc(-c3ccc(N=Nc4ccc5ccc(N=Nc6ccccc6)c(O)c5c4N)cc3)cc2)c(N)c1. The molecule has 0 radical (unpaired) electrons. The second kappa shape index (κ2) is 12.2. The molecule has 0 aliphatic rings. The quantitative estimate of drug-likeness (QED) is 0.109. The van der Waals surface area contributed by atoms with Gasteiger partial charge in [0.25, 0.3) is 0 Å². The summed E-state index contributed by atoms with van der Waals surface area (Å²) in [6, 6.07) is 36.9. The largest absolute Gasteiger partial charge is 0.505 e. The van der Waals surface area contributed by atoms with E-state index in [0.29, 0.717) is 56.6 Å². The minimum absolute atomic E-state index is 0.0667. The molecule has 6 rings (SSSR count). The van der Waals surface area contributed by atoms with Crippen LogP contribution in [0, 0.1) is 0 Å². The van der Waals surface area contributed by atoms with Crippen molar-refractivity contribution < 1.29 is 5.11 Å². The highest BCUT2D eigenvalue weighted by Gasteiger charge is 2.12. The second-order valence-corrected chi connectivity index (χ2v) is 9.88. The summed E-state index contributed by atoms with van der Waals surface area (Å²) in [7, 11) is 0. The van der Waals surface area contributed by atoms with Crippen LogP contribution in [-0.2, 0) is 0 Å². The van der Waals surface area contributed by atoms with Crippen LogP contribution < -0.4 is 17.2 Å². The van der Waals surface area contributed by atoms with E-state index in [0.717, 1.165) is 16.5 Å². The molecule has 214 valence electrons. The molecule has 0 bridgehead atoms. The molecule has 6 aromatic carbocycles. The number of azo groups is 3. The van der Waals surface area contributed by atoms with Crippen molar-refractivity contribution in [1.29, 1.82) is 0 Å². The molecule has 0 fully saturated rings. The van der Waals surface area contributed by atoms with Crippen molar-refractivity contribution in [1.82, 2.24) is 0 Å². The molecule has 0 amide bonds. The lowest BCUT2D eigenvalue weighted by atomic mass is 10.1. The monoisotopic (exact) mass is 577 g/mol. The zero-order chi connectivity index (χ0) is 30.5. The number of aromatic hydroxyl groups is 1. The first-order valence-corrected chi connectivity index (χ1v) is 13.6. The predicted octanol–water partition coefficient (Wildman–Crippen LogP) is 10.2. The molecule has 0 atom stereocenters. The van der Waals surface area contributed by atoms with E-state index in [1.807, 2.05) is 91.0 Å². The fourth-order valence-electron chi connectivity index (χ4n) is 4.51. The third-order valence-corrected chi connectivity index (χ3v) is 6.85. The van der Waals surface area contributed by atoms with Crippen molar-refractivity contribution in [2.45, 2.75) is 0 Å². The normalized spacial score (nSPS) is 11.7. The van der Waals surface area contributed by atoms with Crippen LogP contribution in [0.25, 0.3) is 21.9 Å². The van der Waals surface area contributed by atoms with Crippen LogP contribution in [0.1, 0.15) is 0 Å². The molecule has 7 N–H and O–H groups in total. The first kappa shape index (κ1) is 27.7. The number of anilines is 3. The molecule has 10 nitrogen and oxygen atoms in total. The molecule has 6 aromatic rings. The van der Waals surface area contributed by atoms with Crippen molar-refractivity contribution in [3.05, 3.63) is 121 Å². The van der Waals surface area contributed by atoms with Crippen LogP contribution in [0.15, 0.2) is 152 Å². The van der Waals surface area contributed by atoms with E-state index >= 15 is 0 Å². The fourth-order valence-corrected chi connectivity index (χ4v) is 4.51. The highest BCUT2D eigenvalue weighted by Crippen LogP contribution is 2.42. The average Bonchev–Trinajstić information content (AvgIpc) is 3.05. The lowest BCUT2D eigenvalue weighted by Crippen LogP contribution is -1.89. The van der Waals surface area contributed by atoms with Gasteiger partial charge in [-0.05, 0) is 83.2 Å². The van der Waals surface area contributed by atoms with Gasteiger partial charge in [-0.1, -0.05) is 54.6 Å². The van der Waals surface area contributed by atoms with Crippen molar-refractivity contribution >= 4 is 62.0 Å². The molecule has 0 aromatic heterocycles. The maximum atomic E-state index is 10.9. The summed E-state index contributed by atoms with van der Waals surface area (Å²) < 4.78 is 0. The van der Waals surface area contributed by atoms with E-state index < -0.39 is 0 Å². The van der Waals surface area contributed by atoms with Gasteiger partial charge in [-0.15, -0.1) is 15.3 Å². The number of fused-ring (bicyclic) bond motifs is 1. The summed E-state index contributed by atoms with van der Waals surface area (Å²) >= 11 is 0. The molecule has 10 heteroatoms. The Bertz CT molecular complexity index is 2040. The number of benzene rings is 6. The van der Waals surface area contributed by atoms with Gasteiger partial charge in [0.1, 0.15) is 17.1 Å². The molecule has 0 heterocycles. The third-order valence-electron chi connectivity index (χ3n) is 6.85. The van der Waals surface area contributed by atoms with E-state index in [4.69, 9.17) is 17.2 Å². The molecule has 0 aliphatic heterocycles.